The number of carbonyl (C=O) groups excluding carboxylic acids is 1. The minimum atomic E-state index is 0.0670. The number of carbonyl (C=O) groups is 1. The molecule has 1 aromatic heterocycles. The highest BCUT2D eigenvalue weighted by molar-refractivity contribution is 5.92. The number of likely N-dealkylation sites (tertiary alicyclic amines) is 1. The molecular formula is C15H23N3O. The van der Waals surface area contributed by atoms with Crippen molar-refractivity contribution in [3.05, 3.63) is 29.6 Å². The molecule has 0 bridgehead atoms. The van der Waals surface area contributed by atoms with E-state index in [0.29, 0.717) is 18.3 Å². The van der Waals surface area contributed by atoms with Crippen molar-refractivity contribution in [1.82, 2.24) is 9.88 Å². The molecule has 0 radical (unpaired) electrons. The molecule has 19 heavy (non-hydrogen) atoms. The van der Waals surface area contributed by atoms with Crippen LogP contribution in [0, 0.1) is 0 Å². The fourth-order valence-electron chi connectivity index (χ4n) is 2.69. The highest BCUT2D eigenvalue weighted by Gasteiger charge is 2.25. The van der Waals surface area contributed by atoms with Crippen molar-refractivity contribution in [3.63, 3.8) is 0 Å². The maximum Gasteiger partial charge on any atom is 0.272 e. The Bertz CT molecular complexity index is 416. The third kappa shape index (κ3) is 3.32. The van der Waals surface area contributed by atoms with Gasteiger partial charge in [-0.3, -0.25) is 9.78 Å². The maximum atomic E-state index is 12.6. The molecule has 0 aliphatic carbocycles. The summed E-state index contributed by atoms with van der Waals surface area (Å²) < 4.78 is 0. The normalized spacial score (nSPS) is 20.1. The Morgan fingerprint density at radius 1 is 1.42 bits per heavy atom. The Balaban J connectivity index is 2.15. The summed E-state index contributed by atoms with van der Waals surface area (Å²) in [6.07, 6.45) is 7.38. The van der Waals surface area contributed by atoms with Crippen molar-refractivity contribution in [2.24, 2.45) is 5.73 Å². The Morgan fingerprint density at radius 3 is 2.89 bits per heavy atom. The lowest BCUT2D eigenvalue weighted by Gasteiger charge is -2.29. The van der Waals surface area contributed by atoms with Gasteiger partial charge in [0.2, 0.25) is 0 Å². The highest BCUT2D eigenvalue weighted by Crippen LogP contribution is 2.20. The van der Waals surface area contributed by atoms with Crippen LogP contribution in [0.1, 0.15) is 55.1 Å². The smallest absolute Gasteiger partial charge is 0.272 e. The number of pyridine rings is 1. The van der Waals surface area contributed by atoms with E-state index in [9.17, 15) is 4.79 Å². The maximum absolute atomic E-state index is 12.6. The van der Waals surface area contributed by atoms with Crippen molar-refractivity contribution >= 4 is 5.91 Å². The quantitative estimate of drug-likeness (QED) is 0.908. The zero-order valence-electron chi connectivity index (χ0n) is 11.6. The van der Waals surface area contributed by atoms with Crippen LogP contribution in [-0.4, -0.2) is 28.4 Å². The molecule has 4 heteroatoms. The summed E-state index contributed by atoms with van der Waals surface area (Å²) in [5.41, 5.74) is 7.04. The van der Waals surface area contributed by atoms with Crippen LogP contribution in [0.3, 0.4) is 0 Å². The van der Waals surface area contributed by atoms with Gasteiger partial charge in [0.05, 0.1) is 0 Å². The van der Waals surface area contributed by atoms with Crippen LogP contribution in [0.15, 0.2) is 18.3 Å². The van der Waals surface area contributed by atoms with E-state index >= 15 is 0 Å². The van der Waals surface area contributed by atoms with Crippen molar-refractivity contribution in [2.75, 3.05) is 6.54 Å². The second-order valence-electron chi connectivity index (χ2n) is 5.17. The van der Waals surface area contributed by atoms with Crippen LogP contribution in [-0.2, 0) is 6.54 Å². The van der Waals surface area contributed by atoms with Gasteiger partial charge in [-0.2, -0.15) is 0 Å². The van der Waals surface area contributed by atoms with E-state index in [4.69, 9.17) is 5.73 Å². The van der Waals surface area contributed by atoms with E-state index in [-0.39, 0.29) is 5.91 Å². The molecule has 0 spiro atoms. The molecule has 2 N–H and O–H groups in total. The summed E-state index contributed by atoms with van der Waals surface area (Å²) in [6.45, 7) is 3.47. The van der Waals surface area contributed by atoms with E-state index in [1.807, 2.05) is 11.0 Å². The van der Waals surface area contributed by atoms with Crippen LogP contribution in [0.2, 0.25) is 0 Å². The molecule has 4 nitrogen and oxygen atoms in total. The molecule has 2 heterocycles. The molecule has 1 fully saturated rings. The Labute approximate surface area is 115 Å². The monoisotopic (exact) mass is 261 g/mol. The van der Waals surface area contributed by atoms with Crippen LogP contribution in [0.25, 0.3) is 0 Å². The zero-order chi connectivity index (χ0) is 13.7. The van der Waals surface area contributed by atoms with Gasteiger partial charge in [-0.05, 0) is 30.9 Å². The van der Waals surface area contributed by atoms with Gasteiger partial charge in [0, 0.05) is 25.3 Å². The lowest BCUT2D eigenvalue weighted by molar-refractivity contribution is 0.0672. The fourth-order valence-corrected chi connectivity index (χ4v) is 2.69. The van der Waals surface area contributed by atoms with Gasteiger partial charge in [0.25, 0.3) is 5.91 Å². The number of nitrogens with two attached hydrogens (primary N) is 1. The van der Waals surface area contributed by atoms with Gasteiger partial charge < -0.3 is 10.6 Å². The minimum absolute atomic E-state index is 0.0670. The van der Waals surface area contributed by atoms with Crippen LogP contribution >= 0.6 is 0 Å². The first kappa shape index (κ1) is 14.0. The molecule has 0 aromatic carbocycles. The second-order valence-corrected chi connectivity index (χ2v) is 5.17. The number of hydrogen-bond donors (Lipinski definition) is 1. The molecule has 1 unspecified atom stereocenters. The Kier molecular flexibility index (Phi) is 4.91. The molecule has 1 aliphatic rings. The molecule has 0 saturated carbocycles. The third-order valence-electron chi connectivity index (χ3n) is 3.89. The molecule has 1 aliphatic heterocycles. The van der Waals surface area contributed by atoms with Gasteiger partial charge in [0.1, 0.15) is 5.69 Å². The summed E-state index contributed by atoms with van der Waals surface area (Å²) in [4.78, 5) is 18.8. The molecule has 104 valence electrons. The van der Waals surface area contributed by atoms with Crippen molar-refractivity contribution in [2.45, 2.75) is 51.6 Å². The van der Waals surface area contributed by atoms with Crippen molar-refractivity contribution in [1.29, 1.82) is 0 Å². The highest BCUT2D eigenvalue weighted by atomic mass is 16.2. The van der Waals surface area contributed by atoms with E-state index in [1.165, 1.54) is 12.8 Å². The Hall–Kier alpha value is -1.42. The van der Waals surface area contributed by atoms with E-state index in [1.54, 1.807) is 12.3 Å². The predicted molar refractivity (Wildman–Crippen MR) is 75.7 cm³/mol. The average Bonchev–Trinajstić information content (AvgIpc) is 2.71. The second kappa shape index (κ2) is 6.66. The number of aromatic nitrogens is 1. The standard InChI is InChI=1S/C15H23N3O/c1-2-13-6-4-3-5-9-18(13)15(19)14-8-7-12(10-16)11-17-14/h7-8,11,13H,2-6,9-10,16H2,1H3. The molecular weight excluding hydrogens is 238 g/mol. The first-order chi connectivity index (χ1) is 9.26. The van der Waals surface area contributed by atoms with Crippen LogP contribution < -0.4 is 5.73 Å². The number of nitrogens with zero attached hydrogens (tertiary/aromatic N) is 2. The van der Waals surface area contributed by atoms with Crippen molar-refractivity contribution < 1.29 is 4.79 Å². The average molecular weight is 261 g/mol. The Morgan fingerprint density at radius 2 is 2.26 bits per heavy atom. The van der Waals surface area contributed by atoms with Gasteiger partial charge in [-0.1, -0.05) is 25.8 Å². The summed E-state index contributed by atoms with van der Waals surface area (Å²) in [5.74, 6) is 0.0670. The van der Waals surface area contributed by atoms with Crippen LogP contribution in [0.5, 0.6) is 0 Å². The molecule has 1 amide bonds. The SMILES string of the molecule is CCC1CCCCCN1C(=O)c1ccc(CN)cn1. The molecule has 1 aromatic rings. The van der Waals surface area contributed by atoms with Gasteiger partial charge in [-0.25, -0.2) is 0 Å². The minimum Gasteiger partial charge on any atom is -0.334 e. The molecule has 1 atom stereocenters. The lowest BCUT2D eigenvalue weighted by atomic mass is 10.1. The number of rotatable bonds is 3. The summed E-state index contributed by atoms with van der Waals surface area (Å²) in [5, 5.41) is 0. The number of hydrogen-bond acceptors (Lipinski definition) is 3. The zero-order valence-corrected chi connectivity index (χ0v) is 11.6. The summed E-state index contributed by atoms with van der Waals surface area (Å²) in [6, 6.07) is 4.05. The van der Waals surface area contributed by atoms with E-state index in [2.05, 4.69) is 11.9 Å². The summed E-state index contributed by atoms with van der Waals surface area (Å²) in [7, 11) is 0. The van der Waals surface area contributed by atoms with E-state index in [0.717, 1.165) is 31.4 Å². The topological polar surface area (TPSA) is 59.2 Å². The molecule has 2 rings (SSSR count). The van der Waals surface area contributed by atoms with Gasteiger partial charge in [-0.15, -0.1) is 0 Å². The largest absolute Gasteiger partial charge is 0.334 e. The lowest BCUT2D eigenvalue weighted by Crippen LogP contribution is -2.40. The first-order valence-electron chi connectivity index (χ1n) is 7.22. The molecule has 1 saturated heterocycles. The van der Waals surface area contributed by atoms with Crippen LogP contribution in [0.4, 0.5) is 0 Å². The van der Waals surface area contributed by atoms with Crippen molar-refractivity contribution in [3.8, 4) is 0 Å². The van der Waals surface area contributed by atoms with Gasteiger partial charge in [0.15, 0.2) is 0 Å². The van der Waals surface area contributed by atoms with E-state index < -0.39 is 0 Å². The fraction of sp³-hybridized carbons (Fsp3) is 0.600. The predicted octanol–water partition coefficient (Wildman–Crippen LogP) is 2.34. The number of amides is 1. The first-order valence-corrected chi connectivity index (χ1v) is 7.22. The summed E-state index contributed by atoms with van der Waals surface area (Å²) >= 11 is 0. The third-order valence-corrected chi connectivity index (χ3v) is 3.89. The van der Waals surface area contributed by atoms with Gasteiger partial charge >= 0.3 is 0 Å².